The first kappa shape index (κ1) is 20.8. The topological polar surface area (TPSA) is 88.9 Å². The Morgan fingerprint density at radius 1 is 1.07 bits per heavy atom. The van der Waals surface area contributed by atoms with Gasteiger partial charge in [-0.2, -0.15) is 0 Å². The molecule has 0 radical (unpaired) electrons. The van der Waals surface area contributed by atoms with Crippen LogP contribution < -0.4 is 22.0 Å². The monoisotopic (exact) mass is 397 g/mol. The van der Waals surface area contributed by atoms with Gasteiger partial charge in [-0.25, -0.2) is 15.8 Å². The normalized spacial score (nSPS) is 16.3. The summed E-state index contributed by atoms with van der Waals surface area (Å²) in [5.41, 5.74) is 13.3. The molecule has 0 unspecified atom stereocenters. The number of nitrogens with one attached hydrogen (secondary N) is 1. The van der Waals surface area contributed by atoms with E-state index in [1.807, 2.05) is 43.4 Å². The second-order valence-corrected chi connectivity index (χ2v) is 7.14. The van der Waals surface area contributed by atoms with Crippen molar-refractivity contribution in [2.24, 2.45) is 22.6 Å². The molecule has 0 bridgehead atoms. The molecule has 5 N–H and O–H groups in total. The summed E-state index contributed by atoms with van der Waals surface area (Å²) in [6, 6.07) is 14.5. The van der Waals surface area contributed by atoms with E-state index in [9.17, 15) is 4.39 Å². The van der Waals surface area contributed by atoms with Crippen LogP contribution in [0, 0.1) is 11.7 Å². The van der Waals surface area contributed by atoms with E-state index >= 15 is 0 Å². The first-order valence-electron chi connectivity index (χ1n) is 9.68. The van der Waals surface area contributed by atoms with Gasteiger partial charge in [-0.05, 0) is 55.2 Å². The van der Waals surface area contributed by atoms with E-state index in [-0.39, 0.29) is 5.82 Å². The Kier molecular flexibility index (Phi) is 6.85. The lowest BCUT2D eigenvalue weighted by atomic mass is 9.89. The van der Waals surface area contributed by atoms with Gasteiger partial charge < -0.3 is 15.4 Å². The standard InChI is InChI=1S/C22H28FN5O/c1-15(16-3-5-18(6-4-16)22(24)26-27-25)21(17-11-13-29-14-12-17)28(2)20-9-7-19(23)8-10-20/h3-10,17,27H,11-14,25H2,1-2H3,(H2,24,26)/b21-15+. The van der Waals surface area contributed by atoms with Crippen LogP contribution in [0.4, 0.5) is 10.1 Å². The number of halogens is 1. The van der Waals surface area contributed by atoms with Crippen molar-refractivity contribution in [3.05, 3.63) is 71.2 Å². The van der Waals surface area contributed by atoms with E-state index in [4.69, 9.17) is 16.3 Å². The van der Waals surface area contributed by atoms with Gasteiger partial charge in [0.05, 0.1) is 0 Å². The number of anilines is 1. The van der Waals surface area contributed by atoms with E-state index in [0.29, 0.717) is 11.8 Å². The number of hydrazone groups is 1. The number of allylic oxidation sites excluding steroid dienone is 2. The van der Waals surface area contributed by atoms with Crippen LogP contribution in [0.2, 0.25) is 0 Å². The van der Waals surface area contributed by atoms with Crippen molar-refractivity contribution < 1.29 is 9.13 Å². The number of nitrogens with two attached hydrogens (primary N) is 2. The summed E-state index contributed by atoms with van der Waals surface area (Å²) in [5.74, 6) is 5.66. The van der Waals surface area contributed by atoms with E-state index in [1.54, 1.807) is 0 Å². The first-order chi connectivity index (χ1) is 14.0. The minimum atomic E-state index is -0.239. The Bertz CT molecular complexity index is 871. The highest BCUT2D eigenvalue weighted by Crippen LogP contribution is 2.34. The largest absolute Gasteiger partial charge is 0.382 e. The number of amidine groups is 1. The molecule has 1 aliphatic rings. The molecule has 0 aliphatic carbocycles. The van der Waals surface area contributed by atoms with Crippen LogP contribution in [0.1, 0.15) is 30.9 Å². The lowest BCUT2D eigenvalue weighted by molar-refractivity contribution is 0.0754. The number of hydrogen-bond donors (Lipinski definition) is 3. The fraction of sp³-hybridized carbons (Fsp3) is 0.318. The zero-order chi connectivity index (χ0) is 20.8. The molecule has 6 nitrogen and oxygen atoms in total. The molecule has 1 heterocycles. The number of hydrogen-bond acceptors (Lipinski definition) is 5. The maximum Gasteiger partial charge on any atom is 0.152 e. The summed E-state index contributed by atoms with van der Waals surface area (Å²) in [5, 5.41) is 3.81. The van der Waals surface area contributed by atoms with E-state index in [0.717, 1.165) is 42.9 Å². The summed E-state index contributed by atoms with van der Waals surface area (Å²) < 4.78 is 19.0. The zero-order valence-corrected chi connectivity index (χ0v) is 16.9. The molecule has 2 aromatic rings. The maximum absolute atomic E-state index is 13.4. The van der Waals surface area contributed by atoms with Crippen molar-refractivity contribution in [3.63, 3.8) is 0 Å². The lowest BCUT2D eigenvalue weighted by Gasteiger charge is -2.34. The van der Waals surface area contributed by atoms with E-state index in [1.165, 1.54) is 23.4 Å². The molecule has 0 aromatic heterocycles. The van der Waals surface area contributed by atoms with Gasteiger partial charge in [0.1, 0.15) is 5.82 Å². The average molecular weight is 397 g/mol. The highest BCUT2D eigenvalue weighted by molar-refractivity contribution is 5.97. The molecule has 2 aromatic carbocycles. The van der Waals surface area contributed by atoms with Crippen LogP contribution >= 0.6 is 0 Å². The number of hydrazine groups is 1. The third-order valence-corrected chi connectivity index (χ3v) is 5.37. The van der Waals surface area contributed by atoms with Gasteiger partial charge >= 0.3 is 0 Å². The molecule has 7 heteroatoms. The van der Waals surface area contributed by atoms with Crippen molar-refractivity contribution >= 4 is 17.1 Å². The molecule has 0 atom stereocenters. The molecule has 1 fully saturated rings. The summed E-state index contributed by atoms with van der Waals surface area (Å²) in [6.07, 6.45) is 1.91. The fourth-order valence-corrected chi connectivity index (χ4v) is 3.78. The van der Waals surface area contributed by atoms with E-state index in [2.05, 4.69) is 22.5 Å². The van der Waals surface area contributed by atoms with Gasteiger partial charge in [-0.1, -0.05) is 24.3 Å². The highest BCUT2D eigenvalue weighted by atomic mass is 19.1. The second-order valence-electron chi connectivity index (χ2n) is 7.14. The van der Waals surface area contributed by atoms with E-state index < -0.39 is 0 Å². The smallest absolute Gasteiger partial charge is 0.152 e. The number of ether oxygens (including phenoxy) is 1. The molecule has 1 saturated heterocycles. The Morgan fingerprint density at radius 2 is 1.66 bits per heavy atom. The first-order valence-corrected chi connectivity index (χ1v) is 9.68. The SMILES string of the molecule is C/C(=C(/C1CCOCC1)N(C)c1ccc(F)cc1)c1ccc(/C(N)=N/NN)cc1. The minimum absolute atomic E-state index is 0.239. The van der Waals surface area contributed by atoms with Crippen LogP contribution in [0.5, 0.6) is 0 Å². The molecule has 154 valence electrons. The van der Waals surface area contributed by atoms with Crippen LogP contribution in [0.15, 0.2) is 59.3 Å². The van der Waals surface area contributed by atoms with Gasteiger partial charge in [0.2, 0.25) is 0 Å². The second kappa shape index (κ2) is 9.54. The molecular formula is C22H28FN5O. The van der Waals surface area contributed by atoms with Crippen LogP contribution in [-0.4, -0.2) is 26.1 Å². The Labute approximate surface area is 171 Å². The molecular weight excluding hydrogens is 369 g/mol. The van der Waals surface area contributed by atoms with Crippen LogP contribution in [0.3, 0.4) is 0 Å². The molecule has 29 heavy (non-hydrogen) atoms. The zero-order valence-electron chi connectivity index (χ0n) is 16.9. The van der Waals surface area contributed by atoms with Crippen molar-refractivity contribution in [1.29, 1.82) is 0 Å². The summed E-state index contributed by atoms with van der Waals surface area (Å²) in [7, 11) is 2.04. The number of nitrogens with zero attached hydrogens (tertiary/aromatic N) is 2. The lowest BCUT2D eigenvalue weighted by Crippen LogP contribution is -2.28. The molecule has 0 amide bonds. The van der Waals surface area contributed by atoms with Gasteiger partial charge in [-0.15, -0.1) is 5.10 Å². The number of rotatable bonds is 6. The molecule has 1 aliphatic heterocycles. The highest BCUT2D eigenvalue weighted by Gasteiger charge is 2.24. The quantitative estimate of drug-likeness (QED) is 0.301. The molecule has 0 spiro atoms. The average Bonchev–Trinajstić information content (AvgIpc) is 2.75. The van der Waals surface area contributed by atoms with Gasteiger partial charge in [0, 0.05) is 43.1 Å². The predicted octanol–water partition coefficient (Wildman–Crippen LogP) is 3.20. The fourth-order valence-electron chi connectivity index (χ4n) is 3.78. The molecule has 3 rings (SSSR count). The third kappa shape index (κ3) is 4.93. The van der Waals surface area contributed by atoms with Crippen LogP contribution in [-0.2, 0) is 4.74 Å². The predicted molar refractivity (Wildman–Crippen MR) is 115 cm³/mol. The summed E-state index contributed by atoms with van der Waals surface area (Å²) in [4.78, 5) is 2.16. The maximum atomic E-state index is 13.4. The van der Waals surface area contributed by atoms with Crippen molar-refractivity contribution in [2.45, 2.75) is 19.8 Å². The van der Waals surface area contributed by atoms with Gasteiger partial charge in [0.15, 0.2) is 5.84 Å². The molecule has 0 saturated carbocycles. The Hall–Kier alpha value is -2.90. The Balaban J connectivity index is 2.00. The summed E-state index contributed by atoms with van der Waals surface area (Å²) in [6.45, 7) is 3.62. The third-order valence-electron chi connectivity index (χ3n) is 5.37. The minimum Gasteiger partial charge on any atom is -0.382 e. The van der Waals surface area contributed by atoms with Gasteiger partial charge in [-0.3, -0.25) is 0 Å². The van der Waals surface area contributed by atoms with Crippen molar-refractivity contribution in [1.82, 2.24) is 5.53 Å². The summed E-state index contributed by atoms with van der Waals surface area (Å²) >= 11 is 0. The van der Waals surface area contributed by atoms with Crippen molar-refractivity contribution in [3.8, 4) is 0 Å². The van der Waals surface area contributed by atoms with Crippen LogP contribution in [0.25, 0.3) is 5.57 Å². The Morgan fingerprint density at radius 3 is 2.24 bits per heavy atom. The van der Waals surface area contributed by atoms with Crippen molar-refractivity contribution in [2.75, 3.05) is 25.2 Å². The van der Waals surface area contributed by atoms with Gasteiger partial charge in [0.25, 0.3) is 0 Å². The number of benzene rings is 2.